The number of halogens is 3. The number of methoxy groups -OCH3 is 1. The van der Waals surface area contributed by atoms with Gasteiger partial charge < -0.3 is 15.2 Å². The number of ether oxygens (including phenoxy) is 1. The summed E-state index contributed by atoms with van der Waals surface area (Å²) in [6, 6.07) is -1.33. The lowest BCUT2D eigenvalue weighted by molar-refractivity contribution is -0.244. The van der Waals surface area contributed by atoms with Crippen LogP contribution in [0, 0.1) is 17.3 Å². The van der Waals surface area contributed by atoms with E-state index in [1.165, 1.54) is 0 Å². The third-order valence-corrected chi connectivity index (χ3v) is 4.29. The highest BCUT2D eigenvalue weighted by Gasteiger charge is 2.70. The molecule has 0 saturated heterocycles. The molecule has 5 nitrogen and oxygen atoms in total. The number of hydrogen-bond acceptors (Lipinski definition) is 3. The second kappa shape index (κ2) is 4.28. The Kier molecular flexibility index (Phi) is 3.14. The molecular formula is C11H14F3NO4. The van der Waals surface area contributed by atoms with Crippen LogP contribution in [0.2, 0.25) is 0 Å². The Labute approximate surface area is 107 Å². The largest absolute Gasteiger partial charge is 0.480 e. The standard InChI is InChI=1S/C11H14F3NO4/c1-19-9(18)15-7(8(16)17)6-4-10(11(12,13)14)2-5(6)3-10/h5-7H,2-4H2,1H3,(H,15,18)(H,16,17)/t5?,6-,7+,10?/m1/s1. The number of carboxylic acid groups (broad SMARTS) is 1. The van der Waals surface area contributed by atoms with Crippen LogP contribution in [0.1, 0.15) is 19.3 Å². The van der Waals surface area contributed by atoms with Gasteiger partial charge in [-0.3, -0.25) is 0 Å². The number of rotatable bonds is 3. The van der Waals surface area contributed by atoms with Gasteiger partial charge in [0.25, 0.3) is 0 Å². The fraction of sp³-hybridized carbons (Fsp3) is 0.818. The minimum atomic E-state index is -4.31. The van der Waals surface area contributed by atoms with Crippen LogP contribution in [-0.4, -0.2) is 36.5 Å². The molecule has 3 fully saturated rings. The molecule has 0 aromatic rings. The van der Waals surface area contributed by atoms with Gasteiger partial charge in [-0.1, -0.05) is 0 Å². The highest BCUT2D eigenvalue weighted by atomic mass is 19.4. The van der Waals surface area contributed by atoms with Gasteiger partial charge in [0.1, 0.15) is 6.04 Å². The number of carbonyl (C=O) groups is 2. The van der Waals surface area contributed by atoms with Crippen LogP contribution < -0.4 is 5.32 Å². The van der Waals surface area contributed by atoms with Gasteiger partial charge >= 0.3 is 18.2 Å². The predicted octanol–water partition coefficient (Wildman–Crippen LogP) is 1.77. The molecule has 8 heteroatoms. The molecule has 1 amide bonds. The highest BCUT2D eigenvalue weighted by molar-refractivity contribution is 5.80. The van der Waals surface area contributed by atoms with Gasteiger partial charge in [-0.25, -0.2) is 9.59 Å². The van der Waals surface area contributed by atoms with Crippen LogP contribution in [0.25, 0.3) is 0 Å². The molecule has 0 aromatic heterocycles. The Morgan fingerprint density at radius 2 is 1.95 bits per heavy atom. The zero-order valence-corrected chi connectivity index (χ0v) is 10.2. The molecule has 2 bridgehead atoms. The molecule has 3 aliphatic carbocycles. The average Bonchev–Trinajstić information content (AvgIpc) is 2.78. The van der Waals surface area contributed by atoms with E-state index in [2.05, 4.69) is 10.1 Å². The highest BCUT2D eigenvalue weighted by Crippen LogP contribution is 2.68. The molecule has 2 N–H and O–H groups in total. The molecule has 0 heterocycles. The van der Waals surface area contributed by atoms with Crippen LogP contribution in [0.4, 0.5) is 18.0 Å². The normalized spacial score (nSPS) is 34.3. The van der Waals surface area contributed by atoms with Crippen molar-refractivity contribution in [3.05, 3.63) is 0 Å². The van der Waals surface area contributed by atoms with Crippen molar-refractivity contribution in [1.82, 2.24) is 5.32 Å². The molecular weight excluding hydrogens is 267 g/mol. The Morgan fingerprint density at radius 1 is 1.37 bits per heavy atom. The number of fused-ring (bicyclic) bond motifs is 1. The van der Waals surface area contributed by atoms with E-state index in [1.807, 2.05) is 0 Å². The number of alkyl carbamates (subject to hydrolysis) is 1. The van der Waals surface area contributed by atoms with Gasteiger partial charge in [0.2, 0.25) is 0 Å². The number of carboxylic acids is 1. The van der Waals surface area contributed by atoms with Crippen LogP contribution in [0.3, 0.4) is 0 Å². The summed E-state index contributed by atoms with van der Waals surface area (Å²) in [5.41, 5.74) is -1.76. The first-order chi connectivity index (χ1) is 8.70. The maximum atomic E-state index is 12.9. The van der Waals surface area contributed by atoms with E-state index in [1.54, 1.807) is 0 Å². The zero-order chi connectivity index (χ0) is 14.4. The van der Waals surface area contributed by atoms with Gasteiger partial charge in [0, 0.05) is 0 Å². The second-order valence-corrected chi connectivity index (χ2v) is 5.27. The lowest BCUT2D eigenvalue weighted by Gasteiger charge is -2.40. The van der Waals surface area contributed by atoms with Crippen LogP contribution in [-0.2, 0) is 9.53 Å². The van der Waals surface area contributed by atoms with Crippen LogP contribution in [0.15, 0.2) is 0 Å². The van der Waals surface area contributed by atoms with Gasteiger partial charge in [-0.2, -0.15) is 13.2 Å². The fourth-order valence-corrected chi connectivity index (χ4v) is 3.31. The number of carbonyl (C=O) groups excluding carboxylic acids is 1. The van der Waals surface area contributed by atoms with E-state index in [0.29, 0.717) is 0 Å². The van der Waals surface area contributed by atoms with E-state index in [4.69, 9.17) is 5.11 Å². The first-order valence-corrected chi connectivity index (χ1v) is 5.84. The second-order valence-electron chi connectivity index (χ2n) is 5.27. The summed E-state index contributed by atoms with van der Waals surface area (Å²) in [4.78, 5) is 22.2. The first kappa shape index (κ1) is 14.0. The molecule has 0 unspecified atom stereocenters. The van der Waals surface area contributed by atoms with Crippen molar-refractivity contribution in [2.24, 2.45) is 17.3 Å². The fourth-order valence-electron chi connectivity index (χ4n) is 3.31. The Morgan fingerprint density at radius 3 is 2.32 bits per heavy atom. The lowest BCUT2D eigenvalue weighted by atomic mass is 9.68. The molecule has 0 aromatic carbocycles. The maximum absolute atomic E-state index is 12.9. The minimum Gasteiger partial charge on any atom is -0.480 e. The molecule has 0 spiro atoms. The number of nitrogens with one attached hydrogen (secondary N) is 1. The van der Waals surface area contributed by atoms with Crippen molar-refractivity contribution in [2.45, 2.75) is 31.5 Å². The van der Waals surface area contributed by atoms with E-state index in [0.717, 1.165) is 7.11 Å². The lowest BCUT2D eigenvalue weighted by Crippen LogP contribution is -2.46. The summed E-state index contributed by atoms with van der Waals surface area (Å²) in [7, 11) is 1.07. The van der Waals surface area contributed by atoms with E-state index >= 15 is 0 Å². The number of amides is 1. The zero-order valence-electron chi connectivity index (χ0n) is 10.2. The quantitative estimate of drug-likeness (QED) is 0.826. The predicted molar refractivity (Wildman–Crippen MR) is 56.3 cm³/mol. The Bertz CT molecular complexity index is 403. The molecule has 2 atom stereocenters. The first-order valence-electron chi connectivity index (χ1n) is 5.84. The smallest absolute Gasteiger partial charge is 0.407 e. The molecule has 0 aliphatic heterocycles. The maximum Gasteiger partial charge on any atom is 0.407 e. The van der Waals surface area contributed by atoms with Crippen molar-refractivity contribution >= 4 is 12.1 Å². The van der Waals surface area contributed by atoms with Crippen molar-refractivity contribution in [3.63, 3.8) is 0 Å². The number of hydrogen-bond donors (Lipinski definition) is 2. The van der Waals surface area contributed by atoms with E-state index in [-0.39, 0.29) is 25.2 Å². The summed E-state index contributed by atoms with van der Waals surface area (Å²) >= 11 is 0. The third-order valence-electron chi connectivity index (χ3n) is 4.29. The van der Waals surface area contributed by atoms with Crippen molar-refractivity contribution in [3.8, 4) is 0 Å². The number of alkyl halides is 3. The van der Waals surface area contributed by atoms with Gasteiger partial charge in [-0.05, 0) is 31.1 Å². The molecule has 3 aliphatic rings. The van der Waals surface area contributed by atoms with Gasteiger partial charge in [0.05, 0.1) is 12.5 Å². The van der Waals surface area contributed by atoms with Crippen molar-refractivity contribution < 1.29 is 32.6 Å². The van der Waals surface area contributed by atoms with Crippen LogP contribution in [0.5, 0.6) is 0 Å². The van der Waals surface area contributed by atoms with Crippen LogP contribution >= 0.6 is 0 Å². The summed E-state index contributed by atoms with van der Waals surface area (Å²) in [6.07, 6.45) is -5.60. The molecule has 19 heavy (non-hydrogen) atoms. The Hall–Kier alpha value is -1.47. The molecule has 0 radical (unpaired) electrons. The molecule has 3 saturated carbocycles. The topological polar surface area (TPSA) is 75.6 Å². The third kappa shape index (κ3) is 2.12. The molecule has 3 rings (SSSR count). The summed E-state index contributed by atoms with van der Waals surface area (Å²) in [5, 5.41) is 11.2. The summed E-state index contributed by atoms with van der Waals surface area (Å²) < 4.78 is 43.0. The monoisotopic (exact) mass is 281 g/mol. The van der Waals surface area contributed by atoms with E-state index < -0.39 is 35.6 Å². The van der Waals surface area contributed by atoms with Gasteiger partial charge in [-0.15, -0.1) is 0 Å². The summed E-state index contributed by atoms with van der Waals surface area (Å²) in [5.74, 6) is -2.33. The van der Waals surface area contributed by atoms with Crippen molar-refractivity contribution in [2.75, 3.05) is 7.11 Å². The van der Waals surface area contributed by atoms with E-state index in [9.17, 15) is 22.8 Å². The number of aliphatic carboxylic acids is 1. The molecule has 108 valence electrons. The SMILES string of the molecule is COC(=O)N[C@H](C(=O)O)[C@@H]1CC2(C(F)(F)F)CC1C2. The summed E-state index contributed by atoms with van der Waals surface area (Å²) in [6.45, 7) is 0. The minimum absolute atomic E-state index is 0.0478. The van der Waals surface area contributed by atoms with Crippen molar-refractivity contribution in [1.29, 1.82) is 0 Å². The van der Waals surface area contributed by atoms with Gasteiger partial charge in [0.15, 0.2) is 0 Å². The Balaban J connectivity index is 2.10. The average molecular weight is 281 g/mol.